The molecule has 472 valence electrons. The van der Waals surface area contributed by atoms with Gasteiger partial charge in [-0.1, -0.05) is 62.3 Å². The van der Waals surface area contributed by atoms with Crippen molar-refractivity contribution in [1.82, 2.24) is 0 Å². The molecule has 10 N–H and O–H groups in total. The summed E-state index contributed by atoms with van der Waals surface area (Å²) in [6, 6.07) is 0. The molecule has 0 spiro atoms. The Hall–Kier alpha value is -5.74. The van der Waals surface area contributed by atoms with E-state index in [0.717, 1.165) is 0 Å². The molecule has 1 aliphatic rings. The summed E-state index contributed by atoms with van der Waals surface area (Å²) in [5.41, 5.74) is 0. The standard InChI is InChI=1S/C51H82O31/c1-10-19-31(54)72-43(46(68)42(65)41(64)40(63)30(28-52)73-46)47(75-33(56)21-12-3,76-34(57)22-13-4)48(77-35(58)23-14-5,78-36(59)24-15-6)44(66)82-51(71,81-39(62)27-18-9)50(70,80-38(61)26-17-8)49(69,79-37(60)25-16-7)45(67,29-53)74-32(55)20-11-2/h30,40-43,52-53,63-65,67-71H,10-29H2,1-9H3/t30-,40-,41+,42-,43?,45-,46?,49-,50+,51?/m1/s1. The summed E-state index contributed by atoms with van der Waals surface area (Å²) in [6.45, 7) is 7.93. The summed E-state index contributed by atoms with van der Waals surface area (Å²) in [5.74, 6) is -54.4. The summed E-state index contributed by atoms with van der Waals surface area (Å²) in [5, 5.41) is 119. The van der Waals surface area contributed by atoms with E-state index >= 15 is 4.79 Å². The molecule has 3 unspecified atom stereocenters. The second kappa shape index (κ2) is 32.9. The van der Waals surface area contributed by atoms with E-state index < -0.39 is 202 Å². The van der Waals surface area contributed by atoms with E-state index in [1.165, 1.54) is 62.3 Å². The SMILES string of the molecule is CCCC(=O)OC(C1(O)O[C@H](CO)[C@@H](O)[C@H](O)[C@H]1O)C(OC(=O)CCC)(OC(=O)CCC)C(OC(=O)CCC)(OC(=O)CCC)C(=O)OC(O)(OC(=O)CCC)[C@@](O)(OC(=O)CCC)[C@](O)(OC(=O)CCC)[C@@](O)(CO)OC(=O)CCC. The Morgan fingerprint density at radius 3 is 1.13 bits per heavy atom. The predicted octanol–water partition coefficient (Wildman–Crippen LogP) is -0.753. The number of hydrogen-bond donors (Lipinski definition) is 10. The zero-order valence-corrected chi connectivity index (χ0v) is 47.6. The van der Waals surface area contributed by atoms with Gasteiger partial charge in [0.2, 0.25) is 11.9 Å². The van der Waals surface area contributed by atoms with Crippen LogP contribution in [0.2, 0.25) is 0 Å². The zero-order chi connectivity index (χ0) is 63.1. The molecule has 0 saturated carbocycles. The van der Waals surface area contributed by atoms with Crippen LogP contribution < -0.4 is 0 Å². The number of aliphatic hydroxyl groups is 10. The maximum Gasteiger partial charge on any atom is 0.451 e. The van der Waals surface area contributed by atoms with Crippen molar-refractivity contribution in [2.45, 2.75) is 249 Å². The number of aliphatic hydroxyl groups excluding tert-OH is 5. The average molecular weight is 1190 g/mol. The maximum absolute atomic E-state index is 16.3. The smallest absolute Gasteiger partial charge is 0.448 e. The zero-order valence-electron chi connectivity index (χ0n) is 47.6. The fourth-order valence-electron chi connectivity index (χ4n) is 7.74. The van der Waals surface area contributed by atoms with Crippen molar-refractivity contribution in [1.29, 1.82) is 0 Å². The Kier molecular flexibility index (Phi) is 29.8. The lowest BCUT2D eigenvalue weighted by atomic mass is 9.82. The van der Waals surface area contributed by atoms with E-state index in [1.807, 2.05) is 0 Å². The van der Waals surface area contributed by atoms with E-state index in [-0.39, 0.29) is 57.8 Å². The molecular weight excluding hydrogens is 1110 g/mol. The Labute approximate surface area is 472 Å². The van der Waals surface area contributed by atoms with Gasteiger partial charge in [-0.2, -0.15) is 0 Å². The summed E-state index contributed by atoms with van der Waals surface area (Å²) >= 11 is 0. The van der Waals surface area contributed by atoms with Gasteiger partial charge in [0, 0.05) is 57.8 Å². The van der Waals surface area contributed by atoms with Gasteiger partial charge in [-0.15, -0.1) is 0 Å². The highest BCUT2D eigenvalue weighted by atomic mass is 16.9. The molecule has 31 heteroatoms. The van der Waals surface area contributed by atoms with Crippen molar-refractivity contribution in [2.24, 2.45) is 0 Å². The van der Waals surface area contributed by atoms with Gasteiger partial charge in [-0.25, -0.2) is 4.79 Å². The van der Waals surface area contributed by atoms with E-state index in [0.29, 0.717) is 0 Å². The van der Waals surface area contributed by atoms with Crippen molar-refractivity contribution >= 4 is 59.7 Å². The van der Waals surface area contributed by atoms with Crippen molar-refractivity contribution in [3.63, 3.8) is 0 Å². The molecule has 0 aromatic rings. The summed E-state index contributed by atoms with van der Waals surface area (Å²) < 4.78 is 59.1. The highest BCUT2D eigenvalue weighted by Gasteiger charge is 2.86. The van der Waals surface area contributed by atoms with Crippen LogP contribution in [0.3, 0.4) is 0 Å². The lowest BCUT2D eigenvalue weighted by Crippen LogP contribution is -2.83. The molecule has 0 aromatic heterocycles. The number of hydrogen-bond acceptors (Lipinski definition) is 31. The van der Waals surface area contributed by atoms with Gasteiger partial charge in [0.1, 0.15) is 31.0 Å². The van der Waals surface area contributed by atoms with Gasteiger partial charge in [0.25, 0.3) is 0 Å². The minimum Gasteiger partial charge on any atom is -0.448 e. The third kappa shape index (κ3) is 17.2. The molecular formula is C51H82O31. The summed E-state index contributed by atoms with van der Waals surface area (Å²) in [6.07, 6.45) is -25.8. The van der Waals surface area contributed by atoms with E-state index in [4.69, 9.17) is 52.1 Å². The molecule has 0 radical (unpaired) electrons. The van der Waals surface area contributed by atoms with Gasteiger partial charge >= 0.3 is 94.6 Å². The molecule has 1 fully saturated rings. The minimum absolute atomic E-state index is 0.157. The van der Waals surface area contributed by atoms with Crippen molar-refractivity contribution in [2.75, 3.05) is 13.2 Å². The molecule has 1 saturated heterocycles. The van der Waals surface area contributed by atoms with Crippen LogP contribution in [0.5, 0.6) is 0 Å². The van der Waals surface area contributed by atoms with Crippen LogP contribution >= 0.6 is 0 Å². The topological polar surface area (TPSA) is 475 Å². The molecule has 10 atom stereocenters. The Morgan fingerprint density at radius 2 is 0.768 bits per heavy atom. The van der Waals surface area contributed by atoms with Crippen LogP contribution in [0.25, 0.3) is 0 Å². The molecule has 31 nitrogen and oxygen atoms in total. The number of ether oxygens (including phenoxy) is 11. The van der Waals surface area contributed by atoms with Crippen LogP contribution in [0.1, 0.15) is 178 Å². The third-order valence-electron chi connectivity index (χ3n) is 11.7. The second-order valence-corrected chi connectivity index (χ2v) is 18.9. The van der Waals surface area contributed by atoms with Crippen molar-refractivity contribution in [3.05, 3.63) is 0 Å². The number of rotatable bonds is 37. The molecule has 82 heavy (non-hydrogen) atoms. The Bertz CT molecular complexity index is 2130. The quantitative estimate of drug-likeness (QED) is 0.0208. The molecule has 0 aromatic carbocycles. The van der Waals surface area contributed by atoms with Crippen molar-refractivity contribution in [3.8, 4) is 0 Å². The van der Waals surface area contributed by atoms with E-state index in [2.05, 4.69) is 0 Å². The molecule has 1 aliphatic heterocycles. The van der Waals surface area contributed by atoms with Crippen LogP contribution in [-0.4, -0.2) is 195 Å². The minimum atomic E-state index is -5.46. The fourth-order valence-corrected chi connectivity index (χ4v) is 7.74. The molecule has 1 rings (SSSR count). The van der Waals surface area contributed by atoms with Gasteiger partial charge in [-0.05, 0) is 57.8 Å². The van der Waals surface area contributed by atoms with Gasteiger partial charge < -0.3 is 103 Å². The van der Waals surface area contributed by atoms with Crippen LogP contribution in [-0.2, 0) is 100 Å². The van der Waals surface area contributed by atoms with E-state index in [1.54, 1.807) is 0 Å². The Morgan fingerprint density at radius 1 is 0.439 bits per heavy atom. The first-order valence-electron chi connectivity index (χ1n) is 27.0. The molecule has 1 heterocycles. The average Bonchev–Trinajstić information content (AvgIpc) is 1.21. The highest BCUT2D eigenvalue weighted by molar-refractivity contribution is 5.89. The lowest BCUT2D eigenvalue weighted by Gasteiger charge is -2.54. The first kappa shape index (κ1) is 74.3. The van der Waals surface area contributed by atoms with E-state index in [9.17, 15) is 94.2 Å². The van der Waals surface area contributed by atoms with Crippen molar-refractivity contribution < 1.29 is 151 Å². The highest BCUT2D eigenvalue weighted by Crippen LogP contribution is 2.51. The van der Waals surface area contributed by atoms with Gasteiger partial charge in [-0.3, -0.25) is 43.2 Å². The molecule has 0 bridgehead atoms. The van der Waals surface area contributed by atoms with Gasteiger partial charge in [0.05, 0.1) is 6.61 Å². The predicted molar refractivity (Wildman–Crippen MR) is 266 cm³/mol. The normalized spacial score (nSPS) is 21.5. The molecule has 0 amide bonds. The largest absolute Gasteiger partial charge is 0.451 e. The maximum atomic E-state index is 16.3. The summed E-state index contributed by atoms with van der Waals surface area (Å²) in [4.78, 5) is 143. The number of carbonyl (C=O) groups is 10. The third-order valence-corrected chi connectivity index (χ3v) is 11.7. The lowest BCUT2D eigenvalue weighted by molar-refractivity contribution is -0.539. The van der Waals surface area contributed by atoms with Gasteiger partial charge in [0.15, 0.2) is 0 Å². The Balaban J connectivity index is 5.60. The first-order valence-corrected chi connectivity index (χ1v) is 27.0. The monoisotopic (exact) mass is 1190 g/mol. The molecule has 0 aliphatic carbocycles. The first-order chi connectivity index (χ1) is 38.3. The fraction of sp³-hybridized carbons (Fsp3) is 0.804. The number of carbonyl (C=O) groups excluding carboxylic acids is 10. The van der Waals surface area contributed by atoms with Crippen LogP contribution in [0, 0.1) is 0 Å². The van der Waals surface area contributed by atoms with Crippen LogP contribution in [0.4, 0.5) is 0 Å². The summed E-state index contributed by atoms with van der Waals surface area (Å²) in [7, 11) is 0. The number of esters is 10. The second-order valence-electron chi connectivity index (χ2n) is 18.9. The van der Waals surface area contributed by atoms with Crippen LogP contribution in [0.15, 0.2) is 0 Å².